The van der Waals surface area contributed by atoms with Crippen molar-refractivity contribution < 1.29 is 9.72 Å². The van der Waals surface area contributed by atoms with Gasteiger partial charge < -0.3 is 5.32 Å². The van der Waals surface area contributed by atoms with Crippen molar-refractivity contribution >= 4 is 11.6 Å². The quantitative estimate of drug-likeness (QED) is 0.677. The lowest BCUT2D eigenvalue weighted by Crippen LogP contribution is -2.26. The maximum Gasteiger partial charge on any atom is 0.320 e. The highest BCUT2D eigenvalue weighted by atomic mass is 16.6. The molecule has 1 aromatic heterocycles. The fourth-order valence-electron chi connectivity index (χ4n) is 1.85. The van der Waals surface area contributed by atoms with Crippen LogP contribution in [-0.2, 0) is 0 Å². The first-order chi connectivity index (χ1) is 9.65. The minimum atomic E-state index is -0.589. The number of nitrogens with one attached hydrogen (secondary N) is 1. The maximum atomic E-state index is 12.0. The number of carbonyl (C=O) groups excluding carboxylic acids is 1. The van der Waals surface area contributed by atoms with Gasteiger partial charge in [-0.1, -0.05) is 18.2 Å². The molecule has 0 spiro atoms. The highest BCUT2D eigenvalue weighted by Crippen LogP contribution is 2.23. The van der Waals surface area contributed by atoms with Gasteiger partial charge in [-0.25, -0.2) is 4.68 Å². The number of benzene rings is 1. The molecule has 0 aliphatic heterocycles. The van der Waals surface area contributed by atoms with Crippen LogP contribution in [0.2, 0.25) is 0 Å². The molecule has 0 unspecified atom stereocenters. The summed E-state index contributed by atoms with van der Waals surface area (Å²) in [6.07, 6.45) is 3.09. The Morgan fingerprint density at radius 2 is 2.05 bits per heavy atom. The van der Waals surface area contributed by atoms with E-state index in [-0.39, 0.29) is 17.4 Å². The van der Waals surface area contributed by atoms with Crippen molar-refractivity contribution in [1.29, 1.82) is 0 Å². The van der Waals surface area contributed by atoms with Gasteiger partial charge in [-0.3, -0.25) is 14.9 Å². The van der Waals surface area contributed by atoms with Crippen LogP contribution in [0.3, 0.4) is 0 Å². The topological polar surface area (TPSA) is 90.1 Å². The van der Waals surface area contributed by atoms with Gasteiger partial charge >= 0.3 is 5.69 Å². The average molecular weight is 272 g/mol. The SMILES string of the molecule is O=C(NC1CC1)c1nn(-c2ccccc2)cc1[N+](=O)[O-]. The Labute approximate surface area is 114 Å². The molecular formula is C13H12N4O3. The minimum Gasteiger partial charge on any atom is -0.348 e. The summed E-state index contributed by atoms with van der Waals surface area (Å²) in [6, 6.07) is 9.09. The molecule has 1 aliphatic rings. The largest absolute Gasteiger partial charge is 0.348 e. The molecule has 1 heterocycles. The van der Waals surface area contributed by atoms with Gasteiger partial charge in [0.15, 0.2) is 0 Å². The fraction of sp³-hybridized carbons (Fsp3) is 0.231. The van der Waals surface area contributed by atoms with E-state index >= 15 is 0 Å². The van der Waals surface area contributed by atoms with Crippen molar-refractivity contribution in [2.24, 2.45) is 0 Å². The minimum absolute atomic E-state index is 0.129. The molecule has 0 radical (unpaired) electrons. The van der Waals surface area contributed by atoms with E-state index in [4.69, 9.17) is 0 Å². The van der Waals surface area contributed by atoms with E-state index in [2.05, 4.69) is 10.4 Å². The molecule has 102 valence electrons. The van der Waals surface area contributed by atoms with Gasteiger partial charge in [-0.2, -0.15) is 5.10 Å². The van der Waals surface area contributed by atoms with Crippen LogP contribution in [0.1, 0.15) is 23.3 Å². The number of carbonyl (C=O) groups is 1. The van der Waals surface area contributed by atoms with Crippen LogP contribution in [0.25, 0.3) is 5.69 Å². The Hall–Kier alpha value is -2.70. The zero-order valence-corrected chi connectivity index (χ0v) is 10.5. The van der Waals surface area contributed by atoms with Crippen LogP contribution in [0.4, 0.5) is 5.69 Å². The summed E-state index contributed by atoms with van der Waals surface area (Å²) >= 11 is 0. The summed E-state index contributed by atoms with van der Waals surface area (Å²) < 4.78 is 1.35. The lowest BCUT2D eigenvalue weighted by atomic mass is 10.3. The number of amides is 1. The third-order valence-corrected chi connectivity index (χ3v) is 3.04. The van der Waals surface area contributed by atoms with Gasteiger partial charge in [0.2, 0.25) is 5.69 Å². The number of hydrogen-bond donors (Lipinski definition) is 1. The summed E-state index contributed by atoms with van der Waals surface area (Å²) in [6.45, 7) is 0. The molecule has 1 N–H and O–H groups in total. The fourth-order valence-corrected chi connectivity index (χ4v) is 1.85. The maximum absolute atomic E-state index is 12.0. The molecule has 1 amide bonds. The predicted molar refractivity (Wildman–Crippen MR) is 70.7 cm³/mol. The molecule has 1 saturated carbocycles. The summed E-state index contributed by atoms with van der Waals surface area (Å²) in [7, 11) is 0. The first-order valence-corrected chi connectivity index (χ1v) is 6.25. The molecule has 1 fully saturated rings. The molecule has 20 heavy (non-hydrogen) atoms. The number of aromatic nitrogens is 2. The van der Waals surface area contributed by atoms with E-state index in [1.165, 1.54) is 10.9 Å². The van der Waals surface area contributed by atoms with Gasteiger partial charge in [0.05, 0.1) is 10.6 Å². The molecule has 7 nitrogen and oxygen atoms in total. The summed E-state index contributed by atoms with van der Waals surface area (Å²) in [5.74, 6) is -0.492. The van der Waals surface area contributed by atoms with Crippen LogP contribution < -0.4 is 5.32 Å². The lowest BCUT2D eigenvalue weighted by Gasteiger charge is -2.00. The number of rotatable bonds is 4. The van der Waals surface area contributed by atoms with Gasteiger partial charge in [0.25, 0.3) is 5.91 Å². The Bertz CT molecular complexity index is 662. The van der Waals surface area contributed by atoms with Gasteiger partial charge in [0, 0.05) is 6.04 Å². The van der Waals surface area contributed by atoms with E-state index in [1.807, 2.05) is 6.07 Å². The second-order valence-corrected chi connectivity index (χ2v) is 4.65. The molecular weight excluding hydrogens is 260 g/mol. The Morgan fingerprint density at radius 3 is 2.65 bits per heavy atom. The Kier molecular flexibility index (Phi) is 2.94. The predicted octanol–water partition coefficient (Wildman–Crippen LogP) is 1.67. The highest BCUT2D eigenvalue weighted by Gasteiger charge is 2.30. The van der Waals surface area contributed by atoms with Crippen LogP contribution >= 0.6 is 0 Å². The van der Waals surface area contributed by atoms with Gasteiger partial charge in [0.1, 0.15) is 6.20 Å². The second kappa shape index (κ2) is 4.76. The monoisotopic (exact) mass is 272 g/mol. The van der Waals surface area contributed by atoms with Crippen LogP contribution in [-0.4, -0.2) is 26.7 Å². The van der Waals surface area contributed by atoms with Crippen molar-refractivity contribution in [3.63, 3.8) is 0 Å². The van der Waals surface area contributed by atoms with Crippen molar-refractivity contribution in [2.45, 2.75) is 18.9 Å². The first kappa shape index (κ1) is 12.3. The van der Waals surface area contributed by atoms with Crippen LogP contribution in [0.15, 0.2) is 36.5 Å². The smallest absolute Gasteiger partial charge is 0.320 e. The van der Waals surface area contributed by atoms with E-state index in [1.54, 1.807) is 24.3 Å². The zero-order valence-electron chi connectivity index (χ0n) is 10.5. The molecule has 0 bridgehead atoms. The number of nitro groups is 1. The number of nitrogens with zero attached hydrogens (tertiary/aromatic N) is 3. The summed E-state index contributed by atoms with van der Waals surface area (Å²) in [4.78, 5) is 22.4. The van der Waals surface area contributed by atoms with E-state index in [0.29, 0.717) is 5.69 Å². The number of para-hydroxylation sites is 1. The van der Waals surface area contributed by atoms with Crippen LogP contribution in [0, 0.1) is 10.1 Å². The van der Waals surface area contributed by atoms with Crippen molar-refractivity contribution in [2.75, 3.05) is 0 Å². The average Bonchev–Trinajstić information content (AvgIpc) is 3.14. The Morgan fingerprint density at radius 1 is 1.35 bits per heavy atom. The van der Waals surface area contributed by atoms with Gasteiger partial charge in [-0.15, -0.1) is 0 Å². The molecule has 1 aliphatic carbocycles. The summed E-state index contributed by atoms with van der Waals surface area (Å²) in [5, 5.41) is 17.8. The molecule has 0 atom stereocenters. The zero-order chi connectivity index (χ0) is 14.1. The molecule has 3 rings (SSSR count). The summed E-state index contributed by atoms with van der Waals surface area (Å²) in [5.41, 5.74) is 0.235. The molecule has 2 aromatic rings. The number of hydrogen-bond acceptors (Lipinski definition) is 4. The third-order valence-electron chi connectivity index (χ3n) is 3.04. The Balaban J connectivity index is 1.97. The van der Waals surface area contributed by atoms with Crippen LogP contribution in [0.5, 0.6) is 0 Å². The first-order valence-electron chi connectivity index (χ1n) is 6.25. The standard InChI is InChI=1S/C13H12N4O3/c18-13(14-9-6-7-9)12-11(17(19)20)8-16(15-12)10-4-2-1-3-5-10/h1-5,8-9H,6-7H2,(H,14,18). The lowest BCUT2D eigenvalue weighted by molar-refractivity contribution is -0.385. The van der Waals surface area contributed by atoms with Crippen molar-refractivity contribution in [3.8, 4) is 5.69 Å². The van der Waals surface area contributed by atoms with E-state index < -0.39 is 10.8 Å². The molecule has 0 saturated heterocycles. The van der Waals surface area contributed by atoms with Crippen molar-refractivity contribution in [3.05, 3.63) is 52.3 Å². The molecule has 1 aromatic carbocycles. The second-order valence-electron chi connectivity index (χ2n) is 4.65. The van der Waals surface area contributed by atoms with Gasteiger partial charge in [-0.05, 0) is 25.0 Å². The highest BCUT2D eigenvalue weighted by molar-refractivity contribution is 5.96. The molecule has 7 heteroatoms. The normalized spacial score (nSPS) is 14.0. The van der Waals surface area contributed by atoms with E-state index in [0.717, 1.165) is 12.8 Å². The van der Waals surface area contributed by atoms with E-state index in [9.17, 15) is 14.9 Å². The third kappa shape index (κ3) is 2.37. The van der Waals surface area contributed by atoms with Crippen molar-refractivity contribution in [1.82, 2.24) is 15.1 Å².